The van der Waals surface area contributed by atoms with Gasteiger partial charge in [-0.1, -0.05) is 198 Å². The summed E-state index contributed by atoms with van der Waals surface area (Å²) >= 11 is 5.78. The zero-order valence-corrected chi connectivity index (χ0v) is 53.9. The van der Waals surface area contributed by atoms with Crippen molar-refractivity contribution in [2.24, 2.45) is 0 Å². The Bertz CT molecular complexity index is 3990. The second-order valence-electron chi connectivity index (χ2n) is 24.2. The van der Waals surface area contributed by atoms with E-state index in [2.05, 4.69) is 127 Å². The van der Waals surface area contributed by atoms with E-state index < -0.39 is 17.3 Å². The lowest BCUT2D eigenvalue weighted by atomic mass is 9.96. The molecule has 1 aliphatic heterocycles. The van der Waals surface area contributed by atoms with E-state index in [9.17, 15) is 14.7 Å². The number of ketones is 2. The molecule has 4 aromatic carbocycles. The highest BCUT2D eigenvalue weighted by Crippen LogP contribution is 2.52. The van der Waals surface area contributed by atoms with Crippen molar-refractivity contribution in [1.82, 2.24) is 9.13 Å². The summed E-state index contributed by atoms with van der Waals surface area (Å²) in [4.78, 5) is 34.0. The van der Waals surface area contributed by atoms with Crippen LogP contribution in [0, 0.1) is 0 Å². The topological polar surface area (TPSA) is 79.3 Å². The molecular formula is C75H89N3O4S3. The van der Waals surface area contributed by atoms with Crippen molar-refractivity contribution < 1.29 is 24.0 Å². The number of Topliss-reactive ketones (excluding diaryl/α,β-unsaturated/α-hetero) is 2. The molecule has 0 bridgehead atoms. The van der Waals surface area contributed by atoms with E-state index in [1.165, 1.54) is 144 Å². The largest absolute Gasteiger partial charge is 0.871 e. The Labute approximate surface area is 516 Å². The molecule has 5 aromatic heterocycles. The van der Waals surface area contributed by atoms with Crippen LogP contribution in [-0.2, 0) is 29.1 Å². The minimum Gasteiger partial charge on any atom is -0.871 e. The molecule has 7 nitrogen and oxygen atoms in total. The predicted molar refractivity (Wildman–Crippen MR) is 363 cm³/mol. The van der Waals surface area contributed by atoms with E-state index in [1.54, 1.807) is 12.2 Å². The van der Waals surface area contributed by atoms with Crippen LogP contribution in [0.2, 0.25) is 0 Å². The number of fused-ring (bicyclic) bond motifs is 3. The lowest BCUT2D eigenvalue weighted by Gasteiger charge is -2.10. The van der Waals surface area contributed by atoms with Gasteiger partial charge in [0, 0.05) is 79.8 Å². The lowest BCUT2D eigenvalue weighted by molar-refractivity contribution is -0.436. The van der Waals surface area contributed by atoms with Crippen molar-refractivity contribution in [2.45, 2.75) is 208 Å². The predicted octanol–water partition coefficient (Wildman–Crippen LogP) is 20.3. The molecule has 0 atom stereocenters. The molecule has 0 N–H and O–H groups in total. The highest BCUT2D eigenvalue weighted by atomic mass is 32.1. The van der Waals surface area contributed by atoms with Crippen LogP contribution in [0.15, 0.2) is 108 Å². The van der Waals surface area contributed by atoms with Crippen LogP contribution in [0.1, 0.15) is 199 Å². The molecule has 85 heavy (non-hydrogen) atoms. The zero-order chi connectivity index (χ0) is 58.8. The standard InChI is InChI=1S/C75H89N3O4S3/c1-6-11-16-21-23-27-42-76-59-39-31-34-51-33-30-37-55(68(51)59)61(76)47-57-70(79)58(72(81)71(57)80)48-62-56-38-32-36-54-53(40-41-60(69(54)56)77(62)43-28-24-22-17-12-7-2)66-50-65(82-45-29-20-15-10-5)75(84-66)67-49-64-74(85-67)73-63(78(64)44-26-19-14-9-4)46-52(83-73)35-25-18-13-8-3/h30-34,36-41,46-50H,6-29,35,42-45H2,1-5H3. The van der Waals surface area contributed by atoms with Gasteiger partial charge in [-0.2, -0.15) is 4.58 Å². The Morgan fingerprint density at radius 3 is 1.91 bits per heavy atom. The molecule has 0 radical (unpaired) electrons. The third kappa shape index (κ3) is 12.7. The van der Waals surface area contributed by atoms with Crippen molar-refractivity contribution in [2.75, 3.05) is 13.2 Å². The molecule has 1 aliphatic carbocycles. The van der Waals surface area contributed by atoms with Gasteiger partial charge in [-0.3, -0.25) is 9.59 Å². The number of thiophene rings is 3. The van der Waals surface area contributed by atoms with Crippen LogP contribution in [0.5, 0.6) is 5.75 Å². The number of aromatic nitrogens is 2. The maximum absolute atomic E-state index is 15.0. The first-order chi connectivity index (χ1) is 41.8. The van der Waals surface area contributed by atoms with Gasteiger partial charge >= 0.3 is 0 Å². The third-order valence-electron chi connectivity index (χ3n) is 18.1. The fourth-order valence-electron chi connectivity index (χ4n) is 13.4. The number of carbonyl (C=O) groups is 2. The van der Waals surface area contributed by atoms with Gasteiger partial charge in [0.1, 0.15) is 12.3 Å². The van der Waals surface area contributed by atoms with Crippen molar-refractivity contribution in [3.63, 3.8) is 0 Å². The summed E-state index contributed by atoms with van der Waals surface area (Å²) in [5.41, 5.74) is 7.74. The first-order valence-electron chi connectivity index (χ1n) is 33.0. The maximum Gasteiger partial charge on any atom is 0.233 e. The highest BCUT2D eigenvalue weighted by molar-refractivity contribution is 7.31. The van der Waals surface area contributed by atoms with Crippen LogP contribution in [0.25, 0.3) is 79.2 Å². The van der Waals surface area contributed by atoms with Crippen LogP contribution in [-0.4, -0.2) is 44.1 Å². The fourth-order valence-corrected chi connectivity index (χ4v) is 17.2. The number of allylic oxidation sites excluding steroid dienone is 3. The number of aryl methyl sites for hydroxylation is 3. The molecule has 10 heteroatoms. The summed E-state index contributed by atoms with van der Waals surface area (Å²) in [5.74, 6) is -0.995. The lowest BCUT2D eigenvalue weighted by Crippen LogP contribution is -2.19. The molecule has 2 aliphatic rings. The van der Waals surface area contributed by atoms with Gasteiger partial charge in [-0.15, -0.1) is 34.0 Å². The molecule has 0 saturated heterocycles. The van der Waals surface area contributed by atoms with Gasteiger partial charge in [0.05, 0.1) is 47.7 Å². The number of hydrogen-bond acceptors (Lipinski definition) is 7. The van der Waals surface area contributed by atoms with E-state index in [0.29, 0.717) is 6.61 Å². The van der Waals surface area contributed by atoms with Crippen LogP contribution >= 0.6 is 34.0 Å². The Balaban J connectivity index is 0.990. The molecule has 446 valence electrons. The quantitative estimate of drug-likeness (QED) is 0.0174. The third-order valence-corrected chi connectivity index (χ3v) is 21.9. The molecule has 0 unspecified atom stereocenters. The number of hydrogen-bond donors (Lipinski definition) is 0. The van der Waals surface area contributed by atoms with E-state index in [1.807, 2.05) is 40.1 Å². The van der Waals surface area contributed by atoms with Gasteiger partial charge in [0.2, 0.25) is 23.0 Å². The number of carbonyl (C=O) groups excluding carboxylic acids is 2. The molecule has 9 aromatic rings. The second kappa shape index (κ2) is 28.6. The Kier molecular flexibility index (Phi) is 20.4. The van der Waals surface area contributed by atoms with Gasteiger partial charge in [0.25, 0.3) is 0 Å². The number of nitrogens with zero attached hydrogens (tertiary/aromatic N) is 3. The molecule has 11 rings (SSSR count). The summed E-state index contributed by atoms with van der Waals surface area (Å²) < 4.78 is 17.0. The number of rotatable bonds is 34. The van der Waals surface area contributed by atoms with Crippen molar-refractivity contribution in [3.8, 4) is 25.9 Å². The van der Waals surface area contributed by atoms with E-state index in [0.717, 1.165) is 142 Å². The average molecular weight is 1190 g/mol. The van der Waals surface area contributed by atoms with E-state index in [-0.39, 0.29) is 11.1 Å². The van der Waals surface area contributed by atoms with Crippen molar-refractivity contribution in [1.29, 1.82) is 0 Å². The first kappa shape index (κ1) is 60.6. The second-order valence-corrected chi connectivity index (χ2v) is 27.5. The van der Waals surface area contributed by atoms with Crippen molar-refractivity contribution >= 4 is 116 Å². The molecule has 6 heterocycles. The van der Waals surface area contributed by atoms with Crippen LogP contribution < -0.4 is 15.2 Å². The van der Waals surface area contributed by atoms with Crippen molar-refractivity contribution in [3.05, 3.63) is 124 Å². The summed E-state index contributed by atoms with van der Waals surface area (Å²) in [7, 11) is 0. The Morgan fingerprint density at radius 2 is 1.15 bits per heavy atom. The normalized spacial score (nSPS) is 14.5. The maximum atomic E-state index is 15.0. The minimum atomic E-state index is -0.727. The SMILES string of the molecule is CCCCCCCCn1/c(=C/C2=C([O-])C(=C/C3=[N+](CCCCCCCC)c4ccc(-c5cc(OCCCCCC)c(-c6cc7c(s6)c6sc(CCCCCC)cc6n7CCCCCC)s5)c5cccc3c45)/C(=O)C2=O)c2cccc3cccc1c32. The molecule has 0 saturated carbocycles. The zero-order valence-electron chi connectivity index (χ0n) is 51.4. The summed E-state index contributed by atoms with van der Waals surface area (Å²) in [5, 5.41) is 21.3. The highest BCUT2D eigenvalue weighted by Gasteiger charge is 2.37. The fraction of sp³-hybridized carbons (Fsp3) is 0.453. The van der Waals surface area contributed by atoms with Crippen LogP contribution in [0.4, 0.5) is 5.69 Å². The summed E-state index contributed by atoms with van der Waals surface area (Å²) in [6.45, 7) is 14.5. The minimum absolute atomic E-state index is 0.0472. The van der Waals surface area contributed by atoms with Gasteiger partial charge < -0.3 is 19.0 Å². The number of benzene rings is 4. The summed E-state index contributed by atoms with van der Waals surface area (Å²) in [6.07, 6.45) is 33.0. The van der Waals surface area contributed by atoms with E-state index in [4.69, 9.17) is 4.74 Å². The molecule has 0 spiro atoms. The first-order valence-corrected chi connectivity index (χ1v) is 35.5. The molecule has 0 fully saturated rings. The average Bonchev–Trinajstić information content (AvgIpc) is 2.32. The monoisotopic (exact) mass is 1190 g/mol. The van der Waals surface area contributed by atoms with Gasteiger partial charge in [-0.05, 0) is 91.8 Å². The van der Waals surface area contributed by atoms with Gasteiger partial charge in [0.15, 0.2) is 0 Å². The number of unbranched alkanes of at least 4 members (excludes halogenated alkanes) is 19. The van der Waals surface area contributed by atoms with Crippen LogP contribution in [0.3, 0.4) is 0 Å². The smallest absolute Gasteiger partial charge is 0.233 e. The Morgan fingerprint density at radius 1 is 0.529 bits per heavy atom. The molecule has 0 amide bonds. The number of ether oxygens (including phenoxy) is 1. The Hall–Kier alpha value is -6.07. The molecular weight excluding hydrogens is 1100 g/mol. The van der Waals surface area contributed by atoms with E-state index >= 15 is 0 Å². The van der Waals surface area contributed by atoms with Gasteiger partial charge in [-0.25, -0.2) is 0 Å². The summed E-state index contributed by atoms with van der Waals surface area (Å²) in [6, 6.07) is 30.9.